The first kappa shape index (κ1) is 15.0. The van der Waals surface area contributed by atoms with Crippen molar-refractivity contribution in [2.24, 2.45) is 0 Å². The van der Waals surface area contributed by atoms with E-state index in [1.807, 2.05) is 0 Å². The first-order valence-corrected chi connectivity index (χ1v) is 5.32. The molecule has 0 aliphatic heterocycles. The summed E-state index contributed by atoms with van der Waals surface area (Å²) < 4.78 is 38.4. The number of carboxylic acid groups (broad SMARTS) is 2. The maximum atomic E-state index is 12.8. The average Bonchev–Trinajstić information content (AvgIpc) is 2.25. The van der Waals surface area contributed by atoms with E-state index in [4.69, 9.17) is 10.2 Å². The topological polar surface area (TPSA) is 74.6 Å². The van der Waals surface area contributed by atoms with Crippen LogP contribution in [-0.4, -0.2) is 22.2 Å². The van der Waals surface area contributed by atoms with Crippen LogP contribution in [0.25, 0.3) is 0 Å². The van der Waals surface area contributed by atoms with E-state index in [-0.39, 0.29) is 17.5 Å². The highest BCUT2D eigenvalue weighted by Crippen LogP contribution is 2.33. The Kier molecular flexibility index (Phi) is 4.52. The van der Waals surface area contributed by atoms with Gasteiger partial charge in [0.05, 0.1) is 12.0 Å². The minimum Gasteiger partial charge on any atom is -0.481 e. The number of rotatable bonds is 5. The van der Waals surface area contributed by atoms with Crippen LogP contribution in [0, 0.1) is 0 Å². The Morgan fingerprint density at radius 2 is 1.74 bits per heavy atom. The number of halogens is 3. The van der Waals surface area contributed by atoms with Gasteiger partial charge in [-0.05, 0) is 23.6 Å². The van der Waals surface area contributed by atoms with Crippen molar-refractivity contribution in [1.82, 2.24) is 0 Å². The third-order valence-corrected chi connectivity index (χ3v) is 2.44. The summed E-state index contributed by atoms with van der Waals surface area (Å²) in [6, 6.07) is 3.15. The second kappa shape index (κ2) is 5.73. The van der Waals surface area contributed by atoms with Crippen LogP contribution in [-0.2, 0) is 28.6 Å². The fourth-order valence-electron chi connectivity index (χ4n) is 1.63. The smallest absolute Gasteiger partial charge is 0.416 e. The minimum absolute atomic E-state index is 0.0268. The first-order valence-electron chi connectivity index (χ1n) is 5.32. The van der Waals surface area contributed by atoms with Gasteiger partial charge in [0, 0.05) is 6.42 Å². The molecule has 0 aliphatic carbocycles. The van der Waals surface area contributed by atoms with E-state index in [0.29, 0.717) is 0 Å². The van der Waals surface area contributed by atoms with Crippen molar-refractivity contribution in [2.75, 3.05) is 0 Å². The van der Waals surface area contributed by atoms with Crippen molar-refractivity contribution >= 4 is 11.9 Å². The van der Waals surface area contributed by atoms with Gasteiger partial charge in [0.25, 0.3) is 0 Å². The minimum atomic E-state index is -4.64. The van der Waals surface area contributed by atoms with Gasteiger partial charge in [-0.25, -0.2) is 0 Å². The number of carbonyl (C=O) groups is 2. The summed E-state index contributed by atoms with van der Waals surface area (Å²) in [5, 5.41) is 17.0. The molecule has 19 heavy (non-hydrogen) atoms. The Balaban J connectivity index is 3.09. The Hall–Kier alpha value is -2.05. The molecule has 0 radical (unpaired) electrons. The van der Waals surface area contributed by atoms with Crippen molar-refractivity contribution < 1.29 is 33.0 Å². The van der Waals surface area contributed by atoms with E-state index in [0.717, 1.165) is 12.1 Å². The van der Waals surface area contributed by atoms with Crippen LogP contribution >= 0.6 is 0 Å². The number of alkyl halides is 3. The molecule has 0 amide bonds. The Bertz CT molecular complexity index is 494. The zero-order valence-electron chi connectivity index (χ0n) is 9.70. The Morgan fingerprint density at radius 3 is 2.21 bits per heavy atom. The molecule has 104 valence electrons. The highest BCUT2D eigenvalue weighted by Gasteiger charge is 2.33. The molecule has 7 heteroatoms. The van der Waals surface area contributed by atoms with E-state index in [2.05, 4.69) is 0 Å². The van der Waals surface area contributed by atoms with E-state index in [1.165, 1.54) is 6.07 Å². The lowest BCUT2D eigenvalue weighted by atomic mass is 9.98. The largest absolute Gasteiger partial charge is 0.481 e. The summed E-state index contributed by atoms with van der Waals surface area (Å²) in [7, 11) is 0. The molecular weight excluding hydrogens is 265 g/mol. The third-order valence-electron chi connectivity index (χ3n) is 2.44. The van der Waals surface area contributed by atoms with Crippen molar-refractivity contribution in [1.29, 1.82) is 0 Å². The SMILES string of the molecule is O=C(O)CCc1ccc(CC(=O)O)cc1C(F)(F)F. The van der Waals surface area contributed by atoms with Gasteiger partial charge in [0.2, 0.25) is 0 Å². The molecule has 0 bridgehead atoms. The standard InChI is InChI=1S/C12H11F3O4/c13-12(14,15)9-5-7(6-11(18)19)1-2-8(9)3-4-10(16)17/h1-2,5H,3-4,6H2,(H,16,17)(H,18,19). The number of benzene rings is 1. The van der Waals surface area contributed by atoms with Crippen LogP contribution in [0.1, 0.15) is 23.1 Å². The van der Waals surface area contributed by atoms with Gasteiger partial charge in [-0.1, -0.05) is 12.1 Å². The molecule has 1 rings (SSSR count). The summed E-state index contributed by atoms with van der Waals surface area (Å²) in [4.78, 5) is 20.9. The molecule has 0 saturated heterocycles. The van der Waals surface area contributed by atoms with E-state index in [1.54, 1.807) is 0 Å². The van der Waals surface area contributed by atoms with Gasteiger partial charge < -0.3 is 10.2 Å². The van der Waals surface area contributed by atoms with E-state index < -0.39 is 36.5 Å². The normalized spacial score (nSPS) is 11.3. The molecule has 1 aromatic rings. The highest BCUT2D eigenvalue weighted by molar-refractivity contribution is 5.70. The number of aryl methyl sites for hydroxylation is 1. The molecule has 0 saturated carbocycles. The fraction of sp³-hybridized carbons (Fsp3) is 0.333. The monoisotopic (exact) mass is 276 g/mol. The fourth-order valence-corrected chi connectivity index (χ4v) is 1.63. The maximum absolute atomic E-state index is 12.8. The van der Waals surface area contributed by atoms with Crippen LogP contribution < -0.4 is 0 Å². The molecule has 0 spiro atoms. The Labute approximate surface area is 106 Å². The number of hydrogen-bond acceptors (Lipinski definition) is 2. The molecule has 1 aromatic carbocycles. The van der Waals surface area contributed by atoms with Crippen LogP contribution in [0.2, 0.25) is 0 Å². The quantitative estimate of drug-likeness (QED) is 0.865. The lowest BCUT2D eigenvalue weighted by molar-refractivity contribution is -0.140. The lowest BCUT2D eigenvalue weighted by Crippen LogP contribution is -2.12. The summed E-state index contributed by atoms with van der Waals surface area (Å²) >= 11 is 0. The average molecular weight is 276 g/mol. The molecule has 0 atom stereocenters. The van der Waals surface area contributed by atoms with Gasteiger partial charge in [-0.15, -0.1) is 0 Å². The predicted octanol–water partition coefficient (Wildman–Crippen LogP) is 2.35. The molecule has 0 fully saturated rings. The summed E-state index contributed by atoms with van der Waals surface area (Å²) in [5.74, 6) is -2.42. The van der Waals surface area contributed by atoms with Crippen molar-refractivity contribution in [3.05, 3.63) is 34.9 Å². The first-order chi connectivity index (χ1) is 8.70. The van der Waals surface area contributed by atoms with Crippen LogP contribution in [0.15, 0.2) is 18.2 Å². The molecule has 0 heterocycles. The number of carboxylic acids is 2. The van der Waals surface area contributed by atoms with Gasteiger partial charge in [0.1, 0.15) is 0 Å². The van der Waals surface area contributed by atoms with Crippen molar-refractivity contribution in [2.45, 2.75) is 25.4 Å². The predicted molar refractivity (Wildman–Crippen MR) is 58.7 cm³/mol. The van der Waals surface area contributed by atoms with Crippen molar-refractivity contribution in [3.8, 4) is 0 Å². The van der Waals surface area contributed by atoms with Gasteiger partial charge >= 0.3 is 18.1 Å². The second-order valence-electron chi connectivity index (χ2n) is 3.95. The van der Waals surface area contributed by atoms with Crippen LogP contribution in [0.3, 0.4) is 0 Å². The molecule has 4 nitrogen and oxygen atoms in total. The van der Waals surface area contributed by atoms with Crippen LogP contribution in [0.5, 0.6) is 0 Å². The maximum Gasteiger partial charge on any atom is 0.416 e. The second-order valence-corrected chi connectivity index (χ2v) is 3.95. The molecule has 2 N–H and O–H groups in total. The van der Waals surface area contributed by atoms with Gasteiger partial charge in [0.15, 0.2) is 0 Å². The molecule has 0 aliphatic rings. The van der Waals surface area contributed by atoms with E-state index >= 15 is 0 Å². The van der Waals surface area contributed by atoms with Gasteiger partial charge in [-0.3, -0.25) is 9.59 Å². The Morgan fingerprint density at radius 1 is 1.11 bits per heavy atom. The third kappa shape index (κ3) is 4.61. The van der Waals surface area contributed by atoms with Crippen molar-refractivity contribution in [3.63, 3.8) is 0 Å². The lowest BCUT2D eigenvalue weighted by Gasteiger charge is -2.13. The summed E-state index contributed by atoms with van der Waals surface area (Å²) in [6.07, 6.45) is -5.82. The van der Waals surface area contributed by atoms with Crippen LogP contribution in [0.4, 0.5) is 13.2 Å². The highest BCUT2D eigenvalue weighted by atomic mass is 19.4. The molecular formula is C12H11F3O4. The van der Waals surface area contributed by atoms with Gasteiger partial charge in [-0.2, -0.15) is 13.2 Å². The zero-order chi connectivity index (χ0) is 14.6. The number of aliphatic carboxylic acids is 2. The number of hydrogen-bond donors (Lipinski definition) is 2. The summed E-state index contributed by atoms with van der Waals surface area (Å²) in [5.41, 5.74) is -1.10. The zero-order valence-corrected chi connectivity index (χ0v) is 9.70. The summed E-state index contributed by atoms with van der Waals surface area (Å²) in [6.45, 7) is 0. The molecule has 0 aromatic heterocycles. The van der Waals surface area contributed by atoms with E-state index in [9.17, 15) is 22.8 Å². The molecule has 0 unspecified atom stereocenters.